The van der Waals surface area contributed by atoms with Crippen molar-refractivity contribution in [3.8, 4) is 0 Å². The minimum absolute atomic E-state index is 0.00416. The zero-order valence-corrected chi connectivity index (χ0v) is 23.6. The van der Waals surface area contributed by atoms with E-state index in [-0.39, 0.29) is 44.5 Å². The van der Waals surface area contributed by atoms with Crippen molar-refractivity contribution in [3.63, 3.8) is 0 Å². The second-order valence-corrected chi connectivity index (χ2v) is 15.4. The average molecular weight is 497 g/mol. The van der Waals surface area contributed by atoms with Crippen LogP contribution in [0.3, 0.4) is 0 Å². The van der Waals surface area contributed by atoms with Crippen LogP contribution in [-0.4, -0.2) is 28.1 Å². The molecule has 9 atom stereocenters. The van der Waals surface area contributed by atoms with Crippen LogP contribution in [0.5, 0.6) is 0 Å². The van der Waals surface area contributed by atoms with Crippen LogP contribution in [0.2, 0.25) is 0 Å². The Morgan fingerprint density at radius 1 is 0.944 bits per heavy atom. The number of allylic oxidation sites excluding steroid dienone is 3. The summed E-state index contributed by atoms with van der Waals surface area (Å²) in [6, 6.07) is 0. The number of fused-ring (bicyclic) bond motifs is 7. The molecule has 4 saturated carbocycles. The van der Waals surface area contributed by atoms with Crippen LogP contribution in [0, 0.1) is 50.2 Å². The lowest BCUT2D eigenvalue weighted by molar-refractivity contribution is -0.202. The third-order valence-corrected chi connectivity index (χ3v) is 13.2. The van der Waals surface area contributed by atoms with Crippen molar-refractivity contribution in [2.45, 2.75) is 112 Å². The molecule has 0 saturated heterocycles. The van der Waals surface area contributed by atoms with Gasteiger partial charge in [-0.05, 0) is 108 Å². The van der Waals surface area contributed by atoms with Crippen LogP contribution in [0.4, 0.5) is 0 Å². The zero-order valence-electron chi connectivity index (χ0n) is 23.6. The Kier molecular flexibility index (Phi) is 5.68. The Hall–Kier alpha value is -1.42. The van der Waals surface area contributed by atoms with Crippen LogP contribution in [0.1, 0.15) is 106 Å². The number of hydrogen-bond acceptors (Lipinski definition) is 3. The van der Waals surface area contributed by atoms with Crippen LogP contribution >= 0.6 is 0 Å². The van der Waals surface area contributed by atoms with Gasteiger partial charge >= 0.3 is 5.97 Å². The molecule has 200 valence electrons. The molecule has 5 aliphatic carbocycles. The fourth-order valence-electron chi connectivity index (χ4n) is 10.6. The SMILES string of the molecule is CC1(C)[C@@H](O)CC[C@]2(C)[C@H]3C(=O)C=C4[C@@H]5C[C@@](C)(/C=C/C(=O)O)CC[C@]5(C)CC[C@@]4(C)[C@]3(C)CC[C@@H]12. The normalized spacial score (nSPS) is 52.0. The van der Waals surface area contributed by atoms with E-state index in [4.69, 9.17) is 0 Å². The Bertz CT molecular complexity index is 1040. The van der Waals surface area contributed by atoms with E-state index in [0.717, 1.165) is 51.4 Å². The molecule has 4 heteroatoms. The van der Waals surface area contributed by atoms with Gasteiger partial charge in [-0.3, -0.25) is 4.79 Å². The van der Waals surface area contributed by atoms with E-state index < -0.39 is 5.97 Å². The van der Waals surface area contributed by atoms with Crippen molar-refractivity contribution >= 4 is 11.8 Å². The summed E-state index contributed by atoms with van der Waals surface area (Å²) in [4.78, 5) is 25.6. The maximum Gasteiger partial charge on any atom is 0.327 e. The van der Waals surface area contributed by atoms with Crippen molar-refractivity contribution in [2.75, 3.05) is 0 Å². The first-order valence-electron chi connectivity index (χ1n) is 14.4. The van der Waals surface area contributed by atoms with Crippen molar-refractivity contribution < 1.29 is 19.8 Å². The number of carbonyl (C=O) groups excluding carboxylic acids is 1. The lowest BCUT2D eigenvalue weighted by Crippen LogP contribution is -2.66. The van der Waals surface area contributed by atoms with E-state index in [1.807, 2.05) is 6.08 Å². The lowest BCUT2D eigenvalue weighted by Gasteiger charge is -2.70. The first kappa shape index (κ1) is 26.2. The highest BCUT2D eigenvalue weighted by Crippen LogP contribution is 2.75. The number of hydrogen-bond donors (Lipinski definition) is 2. The van der Waals surface area contributed by atoms with Gasteiger partial charge in [0.1, 0.15) is 0 Å². The molecule has 0 radical (unpaired) electrons. The first-order chi connectivity index (χ1) is 16.5. The zero-order chi connectivity index (χ0) is 26.5. The lowest BCUT2D eigenvalue weighted by atomic mass is 9.33. The molecule has 0 aromatic rings. The first-order valence-corrected chi connectivity index (χ1v) is 14.4. The van der Waals surface area contributed by atoms with Gasteiger partial charge in [0, 0.05) is 12.0 Å². The highest BCUT2D eigenvalue weighted by molar-refractivity contribution is 5.95. The van der Waals surface area contributed by atoms with E-state index in [1.54, 1.807) is 0 Å². The topological polar surface area (TPSA) is 74.6 Å². The van der Waals surface area contributed by atoms with Crippen molar-refractivity contribution in [1.82, 2.24) is 0 Å². The summed E-state index contributed by atoms with van der Waals surface area (Å²) in [7, 11) is 0. The fourth-order valence-corrected chi connectivity index (χ4v) is 10.6. The summed E-state index contributed by atoms with van der Waals surface area (Å²) in [5.41, 5.74) is 0.990. The number of ketones is 1. The van der Waals surface area contributed by atoms with E-state index in [2.05, 4.69) is 54.5 Å². The van der Waals surface area contributed by atoms with Gasteiger partial charge in [-0.25, -0.2) is 4.79 Å². The quantitative estimate of drug-likeness (QED) is 0.405. The molecule has 2 N–H and O–H groups in total. The molecule has 5 rings (SSSR count). The van der Waals surface area contributed by atoms with E-state index in [1.165, 1.54) is 18.1 Å². The Morgan fingerprint density at radius 3 is 2.28 bits per heavy atom. The number of aliphatic hydroxyl groups excluding tert-OH is 1. The van der Waals surface area contributed by atoms with Crippen LogP contribution < -0.4 is 0 Å². The van der Waals surface area contributed by atoms with E-state index in [0.29, 0.717) is 17.6 Å². The molecule has 0 amide bonds. The van der Waals surface area contributed by atoms with Gasteiger partial charge in [0.25, 0.3) is 0 Å². The van der Waals surface area contributed by atoms with Gasteiger partial charge < -0.3 is 10.2 Å². The summed E-state index contributed by atoms with van der Waals surface area (Å²) >= 11 is 0. The number of aliphatic carboxylic acids is 1. The van der Waals surface area contributed by atoms with Crippen LogP contribution in [0.15, 0.2) is 23.8 Å². The Morgan fingerprint density at radius 2 is 1.61 bits per heavy atom. The van der Waals surface area contributed by atoms with Crippen LogP contribution in [-0.2, 0) is 9.59 Å². The summed E-state index contributed by atoms with van der Waals surface area (Å²) in [6.45, 7) is 16.3. The largest absolute Gasteiger partial charge is 0.478 e. The number of carboxylic acids is 1. The molecule has 0 spiro atoms. The maximum atomic E-state index is 14.3. The molecule has 5 aliphatic rings. The van der Waals surface area contributed by atoms with Gasteiger partial charge in [-0.2, -0.15) is 0 Å². The highest BCUT2D eigenvalue weighted by Gasteiger charge is 2.70. The minimum atomic E-state index is -0.883. The number of carboxylic acid groups (broad SMARTS) is 1. The fraction of sp³-hybridized carbons (Fsp3) is 0.812. The maximum absolute atomic E-state index is 14.3. The van der Waals surface area contributed by atoms with Gasteiger partial charge in [-0.1, -0.05) is 60.1 Å². The molecule has 0 heterocycles. The predicted molar refractivity (Wildman–Crippen MR) is 142 cm³/mol. The van der Waals surface area contributed by atoms with Gasteiger partial charge in [0.05, 0.1) is 6.10 Å². The Balaban J connectivity index is 1.59. The van der Waals surface area contributed by atoms with E-state index in [9.17, 15) is 19.8 Å². The second kappa shape index (κ2) is 7.80. The number of rotatable bonds is 2. The van der Waals surface area contributed by atoms with E-state index >= 15 is 0 Å². The summed E-state index contributed by atoms with van der Waals surface area (Å²) < 4.78 is 0. The number of aliphatic hydroxyl groups is 1. The Labute approximate surface area is 218 Å². The van der Waals surface area contributed by atoms with Crippen molar-refractivity contribution in [1.29, 1.82) is 0 Å². The van der Waals surface area contributed by atoms with Gasteiger partial charge in [0.15, 0.2) is 5.78 Å². The third-order valence-electron chi connectivity index (χ3n) is 13.2. The third kappa shape index (κ3) is 3.34. The van der Waals surface area contributed by atoms with Gasteiger partial charge in [0.2, 0.25) is 0 Å². The highest BCUT2D eigenvalue weighted by atomic mass is 16.4. The molecule has 36 heavy (non-hydrogen) atoms. The molecule has 0 aromatic carbocycles. The van der Waals surface area contributed by atoms with Crippen LogP contribution in [0.25, 0.3) is 0 Å². The molecule has 4 fully saturated rings. The molecule has 0 aliphatic heterocycles. The number of carbonyl (C=O) groups is 2. The molecule has 0 bridgehead atoms. The van der Waals surface area contributed by atoms with Gasteiger partial charge in [-0.15, -0.1) is 0 Å². The molecular formula is C32H48O4. The second-order valence-electron chi connectivity index (χ2n) is 15.4. The minimum Gasteiger partial charge on any atom is -0.478 e. The van der Waals surface area contributed by atoms with Crippen molar-refractivity contribution in [3.05, 3.63) is 23.8 Å². The predicted octanol–water partition coefficient (Wildman–Crippen LogP) is 6.97. The average Bonchev–Trinajstić information content (AvgIpc) is 2.78. The summed E-state index contributed by atoms with van der Waals surface area (Å²) in [5.74, 6) is 0.0936. The smallest absolute Gasteiger partial charge is 0.327 e. The summed E-state index contributed by atoms with van der Waals surface area (Å²) in [6.07, 6.45) is 14.1. The molecule has 4 nitrogen and oxygen atoms in total. The summed E-state index contributed by atoms with van der Waals surface area (Å²) in [5, 5.41) is 20.2. The monoisotopic (exact) mass is 496 g/mol. The molecular weight excluding hydrogens is 448 g/mol. The standard InChI is InChI=1S/C32H48O4/c1-27(2)23-8-13-32(7)26(30(23,5)12-9-24(27)34)22(33)18-20-21-19-28(3,11-10-25(35)36)14-15-29(21,4)16-17-31(20,32)6/h10-11,18,21,23-24,26,34H,8-9,12-17,19H2,1-7H3,(H,35,36)/b11-10+/t21-,23-,24-,26+,28-,29+,30-,31+,32+/m0/s1. The van der Waals surface area contributed by atoms with Crippen molar-refractivity contribution in [2.24, 2.45) is 50.2 Å². The molecule has 0 unspecified atom stereocenters. The molecule has 0 aromatic heterocycles.